The Morgan fingerprint density at radius 1 is 0.885 bits per heavy atom. The molecule has 1 aromatic carbocycles. The molecule has 1 saturated heterocycles. The van der Waals surface area contributed by atoms with Gasteiger partial charge >= 0.3 is 11.8 Å². The molecule has 3 heterocycles. The van der Waals surface area contributed by atoms with Crippen LogP contribution in [0.15, 0.2) is 65.6 Å². The molecule has 0 aliphatic carbocycles. The number of anilines is 1. The molecule has 1 aliphatic heterocycles. The van der Waals surface area contributed by atoms with Gasteiger partial charge < -0.3 is 9.80 Å². The second-order valence-electron chi connectivity index (χ2n) is 6.03. The number of para-hydroxylation sites is 1. The van der Waals surface area contributed by atoms with Gasteiger partial charge in [0.1, 0.15) is 5.65 Å². The van der Waals surface area contributed by atoms with E-state index in [-0.39, 0.29) is 12.1 Å². The third-order valence-corrected chi connectivity index (χ3v) is 4.35. The maximum atomic E-state index is 12.5. The molecule has 0 N–H and O–H groups in total. The fourth-order valence-electron chi connectivity index (χ4n) is 3.06. The number of hydrogen-bond acceptors (Lipinski definition) is 4. The van der Waals surface area contributed by atoms with Crippen molar-refractivity contribution in [1.82, 2.24) is 14.3 Å². The van der Waals surface area contributed by atoms with Crippen LogP contribution in [0.25, 0.3) is 5.65 Å². The average Bonchev–Trinajstić information content (AvgIpc) is 2.66. The molecule has 0 unspecified atom stereocenters. The summed E-state index contributed by atoms with van der Waals surface area (Å²) in [6.07, 6.45) is 1.64. The zero-order chi connectivity index (χ0) is 18.1. The van der Waals surface area contributed by atoms with Gasteiger partial charge in [0.25, 0.3) is 5.56 Å². The number of nitrogens with zero attached hydrogens (tertiary/aromatic N) is 4. The Balaban J connectivity index is 1.56. The molecule has 3 aromatic rings. The number of aromatic nitrogens is 2. The summed E-state index contributed by atoms with van der Waals surface area (Å²) >= 11 is 0. The van der Waals surface area contributed by atoms with Crippen LogP contribution in [0.4, 0.5) is 5.69 Å². The zero-order valence-electron chi connectivity index (χ0n) is 13.9. The lowest BCUT2D eigenvalue weighted by atomic mass is 10.2. The quantitative estimate of drug-likeness (QED) is 0.664. The Kier molecular flexibility index (Phi) is 3.96. The highest BCUT2D eigenvalue weighted by atomic mass is 16.2. The van der Waals surface area contributed by atoms with Crippen molar-refractivity contribution in [2.45, 2.75) is 6.54 Å². The third-order valence-electron chi connectivity index (χ3n) is 4.35. The molecular formula is C19H16N4O3. The molecule has 1 aliphatic rings. The van der Waals surface area contributed by atoms with E-state index in [9.17, 15) is 14.4 Å². The lowest BCUT2D eigenvalue weighted by Crippen LogP contribution is -2.54. The van der Waals surface area contributed by atoms with Crippen LogP contribution in [-0.2, 0) is 16.1 Å². The first-order chi connectivity index (χ1) is 12.6. The van der Waals surface area contributed by atoms with Gasteiger partial charge in [-0.05, 0) is 24.3 Å². The number of benzene rings is 1. The molecule has 7 heteroatoms. The number of pyridine rings is 1. The van der Waals surface area contributed by atoms with Crippen molar-refractivity contribution in [2.24, 2.45) is 0 Å². The SMILES string of the molecule is O=C1C(=O)N(c2ccccc2)CCN1Cc1cc(=O)n2ccccc2n1. The first-order valence-corrected chi connectivity index (χ1v) is 8.26. The summed E-state index contributed by atoms with van der Waals surface area (Å²) in [5.74, 6) is -1.16. The maximum Gasteiger partial charge on any atom is 0.316 e. The van der Waals surface area contributed by atoms with Crippen LogP contribution in [0.3, 0.4) is 0 Å². The summed E-state index contributed by atoms with van der Waals surface area (Å²) in [6, 6.07) is 15.8. The van der Waals surface area contributed by atoms with E-state index in [1.54, 1.807) is 36.5 Å². The molecule has 0 spiro atoms. The third kappa shape index (κ3) is 2.83. The number of carbonyl (C=O) groups is 2. The normalized spacial score (nSPS) is 14.9. The number of piperazine rings is 1. The van der Waals surface area contributed by atoms with E-state index in [0.29, 0.717) is 30.1 Å². The van der Waals surface area contributed by atoms with Crippen molar-refractivity contribution in [2.75, 3.05) is 18.0 Å². The van der Waals surface area contributed by atoms with E-state index in [4.69, 9.17) is 0 Å². The van der Waals surface area contributed by atoms with Crippen LogP contribution in [-0.4, -0.2) is 39.2 Å². The standard InChI is InChI=1S/C19H16N4O3/c24-17-12-14(20-16-8-4-5-9-23(16)17)13-21-10-11-22(19(26)18(21)25)15-6-2-1-3-7-15/h1-9,12H,10-11,13H2. The van der Waals surface area contributed by atoms with Crippen molar-refractivity contribution in [3.8, 4) is 0 Å². The number of amides is 2. The molecule has 0 radical (unpaired) electrons. The van der Waals surface area contributed by atoms with Crippen LogP contribution in [0, 0.1) is 0 Å². The van der Waals surface area contributed by atoms with Gasteiger partial charge in [0.05, 0.1) is 12.2 Å². The maximum absolute atomic E-state index is 12.5. The molecule has 1 fully saturated rings. The minimum Gasteiger partial charge on any atom is -0.327 e. The first-order valence-electron chi connectivity index (χ1n) is 8.26. The van der Waals surface area contributed by atoms with Gasteiger partial charge in [-0.1, -0.05) is 24.3 Å². The Morgan fingerprint density at radius 3 is 2.46 bits per heavy atom. The molecular weight excluding hydrogens is 332 g/mol. The molecule has 0 bridgehead atoms. The van der Waals surface area contributed by atoms with Gasteiger partial charge in [0.2, 0.25) is 0 Å². The van der Waals surface area contributed by atoms with Crippen LogP contribution in [0.5, 0.6) is 0 Å². The minimum atomic E-state index is -0.588. The van der Waals surface area contributed by atoms with E-state index >= 15 is 0 Å². The highest BCUT2D eigenvalue weighted by Crippen LogP contribution is 2.18. The highest BCUT2D eigenvalue weighted by molar-refractivity contribution is 6.40. The van der Waals surface area contributed by atoms with Crippen molar-refractivity contribution in [1.29, 1.82) is 0 Å². The van der Waals surface area contributed by atoms with E-state index in [2.05, 4.69) is 4.98 Å². The van der Waals surface area contributed by atoms with E-state index in [1.807, 2.05) is 18.2 Å². The van der Waals surface area contributed by atoms with E-state index in [0.717, 1.165) is 0 Å². The van der Waals surface area contributed by atoms with Gasteiger partial charge in [-0.15, -0.1) is 0 Å². The summed E-state index contributed by atoms with van der Waals surface area (Å²) in [4.78, 5) is 44.4. The second kappa shape index (κ2) is 6.44. The Labute approximate surface area is 149 Å². The molecule has 2 amide bonds. The Hall–Kier alpha value is -3.48. The molecule has 0 saturated carbocycles. The summed E-state index contributed by atoms with van der Waals surface area (Å²) in [5, 5.41) is 0. The van der Waals surface area contributed by atoms with E-state index in [1.165, 1.54) is 20.3 Å². The van der Waals surface area contributed by atoms with Crippen molar-refractivity contribution < 1.29 is 9.59 Å². The molecule has 26 heavy (non-hydrogen) atoms. The lowest BCUT2D eigenvalue weighted by Gasteiger charge is -2.33. The predicted molar refractivity (Wildman–Crippen MR) is 95.7 cm³/mol. The van der Waals surface area contributed by atoms with Gasteiger partial charge in [0, 0.05) is 31.0 Å². The van der Waals surface area contributed by atoms with E-state index < -0.39 is 11.8 Å². The average molecular weight is 348 g/mol. The minimum absolute atomic E-state index is 0.133. The molecule has 2 aromatic heterocycles. The van der Waals surface area contributed by atoms with Crippen LogP contribution < -0.4 is 10.5 Å². The van der Waals surface area contributed by atoms with Crippen LogP contribution >= 0.6 is 0 Å². The fraction of sp³-hybridized carbons (Fsp3) is 0.158. The first kappa shape index (κ1) is 16.0. The smallest absolute Gasteiger partial charge is 0.316 e. The molecule has 130 valence electrons. The van der Waals surface area contributed by atoms with Gasteiger partial charge in [-0.25, -0.2) is 4.98 Å². The van der Waals surface area contributed by atoms with Crippen LogP contribution in [0.2, 0.25) is 0 Å². The summed E-state index contributed by atoms with van der Waals surface area (Å²) in [6.45, 7) is 0.921. The Morgan fingerprint density at radius 2 is 1.65 bits per heavy atom. The number of carbonyl (C=O) groups excluding carboxylic acids is 2. The van der Waals surface area contributed by atoms with Gasteiger partial charge in [-0.3, -0.25) is 18.8 Å². The highest BCUT2D eigenvalue weighted by Gasteiger charge is 2.33. The molecule has 0 atom stereocenters. The number of hydrogen-bond donors (Lipinski definition) is 0. The van der Waals surface area contributed by atoms with Crippen LogP contribution in [0.1, 0.15) is 5.69 Å². The monoisotopic (exact) mass is 348 g/mol. The summed E-state index contributed by atoms with van der Waals surface area (Å²) < 4.78 is 1.43. The number of fused-ring (bicyclic) bond motifs is 1. The van der Waals surface area contributed by atoms with Gasteiger partial charge in [-0.2, -0.15) is 0 Å². The molecule has 4 rings (SSSR count). The topological polar surface area (TPSA) is 75.0 Å². The van der Waals surface area contributed by atoms with Crippen molar-refractivity contribution in [3.05, 3.63) is 76.8 Å². The second-order valence-corrected chi connectivity index (χ2v) is 6.03. The zero-order valence-corrected chi connectivity index (χ0v) is 13.9. The largest absolute Gasteiger partial charge is 0.327 e. The Bertz CT molecular complexity index is 1050. The summed E-state index contributed by atoms with van der Waals surface area (Å²) in [5.41, 5.74) is 1.46. The summed E-state index contributed by atoms with van der Waals surface area (Å²) in [7, 11) is 0. The van der Waals surface area contributed by atoms with Gasteiger partial charge in [0.15, 0.2) is 0 Å². The fourth-order valence-corrected chi connectivity index (χ4v) is 3.06. The number of rotatable bonds is 3. The predicted octanol–water partition coefficient (Wildman–Crippen LogP) is 1.07. The van der Waals surface area contributed by atoms with Crippen molar-refractivity contribution >= 4 is 23.1 Å². The molecule has 7 nitrogen and oxygen atoms in total. The van der Waals surface area contributed by atoms with Crippen molar-refractivity contribution in [3.63, 3.8) is 0 Å². The lowest BCUT2D eigenvalue weighted by molar-refractivity contribution is -0.146.